The number of ether oxygens (including phenoxy) is 2. The normalized spacial score (nSPS) is 10.9. The maximum atomic E-state index is 11.2. The van der Waals surface area contributed by atoms with Gasteiger partial charge >= 0.3 is 0 Å². The molecule has 0 aliphatic rings. The van der Waals surface area contributed by atoms with E-state index in [4.69, 9.17) is 9.47 Å². The lowest BCUT2D eigenvalue weighted by Gasteiger charge is -2.11. The number of anilines is 2. The molecule has 7 heteroatoms. The van der Waals surface area contributed by atoms with E-state index in [-0.39, 0.29) is 0 Å². The highest BCUT2D eigenvalue weighted by Gasteiger charge is 2.05. The highest BCUT2D eigenvalue weighted by atomic mass is 32.2. The van der Waals surface area contributed by atoms with Crippen molar-refractivity contribution >= 4 is 21.4 Å². The molecule has 0 saturated carbocycles. The third-order valence-corrected chi connectivity index (χ3v) is 3.74. The summed E-state index contributed by atoms with van der Waals surface area (Å²) in [6.07, 6.45) is 1.12. The number of rotatable bonds is 7. The molecule has 0 fully saturated rings. The van der Waals surface area contributed by atoms with Gasteiger partial charge in [-0.05, 0) is 42.0 Å². The molecule has 0 atom stereocenters. The van der Waals surface area contributed by atoms with E-state index in [1.807, 2.05) is 30.3 Å². The number of hydrogen-bond acceptors (Lipinski definition) is 5. The first-order valence-electron chi connectivity index (χ1n) is 6.94. The standard InChI is InChI=1S/C16H20N2O4S/c1-21-15-9-4-12(10-16(15)22-2)11-17-13-5-7-14(8-6-13)18-23(3,19)20/h4-10,17-18H,11H2,1-3H3. The highest BCUT2D eigenvalue weighted by molar-refractivity contribution is 7.92. The van der Waals surface area contributed by atoms with Gasteiger partial charge in [0.25, 0.3) is 0 Å². The number of hydrogen-bond donors (Lipinski definition) is 2. The third kappa shape index (κ3) is 5.07. The van der Waals surface area contributed by atoms with E-state index in [0.29, 0.717) is 23.7 Å². The van der Waals surface area contributed by atoms with E-state index in [9.17, 15) is 8.42 Å². The fourth-order valence-electron chi connectivity index (χ4n) is 2.06. The van der Waals surface area contributed by atoms with Crippen molar-refractivity contribution in [2.75, 3.05) is 30.5 Å². The van der Waals surface area contributed by atoms with Crippen LogP contribution in [-0.2, 0) is 16.6 Å². The van der Waals surface area contributed by atoms with Gasteiger partial charge in [0.05, 0.1) is 20.5 Å². The first-order valence-corrected chi connectivity index (χ1v) is 8.83. The summed E-state index contributed by atoms with van der Waals surface area (Å²) in [6.45, 7) is 0.610. The van der Waals surface area contributed by atoms with Gasteiger partial charge in [-0.1, -0.05) is 6.07 Å². The molecule has 2 N–H and O–H groups in total. The zero-order chi connectivity index (χ0) is 16.9. The van der Waals surface area contributed by atoms with Crippen LogP contribution >= 0.6 is 0 Å². The van der Waals surface area contributed by atoms with Gasteiger partial charge in [0.1, 0.15) is 0 Å². The Hall–Kier alpha value is -2.41. The first-order chi connectivity index (χ1) is 10.9. The summed E-state index contributed by atoms with van der Waals surface area (Å²) in [6, 6.07) is 12.8. The summed E-state index contributed by atoms with van der Waals surface area (Å²) in [5.74, 6) is 1.37. The van der Waals surface area contributed by atoms with E-state index in [1.165, 1.54) is 0 Å². The average molecular weight is 336 g/mol. The van der Waals surface area contributed by atoms with Crippen molar-refractivity contribution in [1.82, 2.24) is 0 Å². The number of methoxy groups -OCH3 is 2. The lowest BCUT2D eigenvalue weighted by atomic mass is 10.2. The van der Waals surface area contributed by atoms with E-state index in [0.717, 1.165) is 17.5 Å². The van der Waals surface area contributed by atoms with Gasteiger partial charge in [0, 0.05) is 17.9 Å². The molecule has 0 spiro atoms. The molecular weight excluding hydrogens is 316 g/mol. The van der Waals surface area contributed by atoms with Gasteiger partial charge in [0.15, 0.2) is 11.5 Å². The van der Waals surface area contributed by atoms with Gasteiger partial charge in [-0.15, -0.1) is 0 Å². The molecule has 2 rings (SSSR count). The molecular formula is C16H20N2O4S. The maximum Gasteiger partial charge on any atom is 0.229 e. The predicted octanol–water partition coefficient (Wildman–Crippen LogP) is 2.69. The van der Waals surface area contributed by atoms with Crippen LogP contribution in [0.3, 0.4) is 0 Å². The van der Waals surface area contributed by atoms with Gasteiger partial charge in [-0.25, -0.2) is 8.42 Å². The Morgan fingerprint density at radius 3 is 2.09 bits per heavy atom. The van der Waals surface area contributed by atoms with E-state index in [2.05, 4.69) is 10.0 Å². The Morgan fingerprint density at radius 2 is 1.52 bits per heavy atom. The fraction of sp³-hybridized carbons (Fsp3) is 0.250. The molecule has 2 aromatic carbocycles. The van der Waals surface area contributed by atoms with Crippen molar-refractivity contribution in [2.45, 2.75) is 6.54 Å². The SMILES string of the molecule is COc1ccc(CNc2ccc(NS(C)(=O)=O)cc2)cc1OC. The molecule has 0 heterocycles. The number of nitrogens with one attached hydrogen (secondary N) is 2. The number of benzene rings is 2. The lowest BCUT2D eigenvalue weighted by molar-refractivity contribution is 0.354. The monoisotopic (exact) mass is 336 g/mol. The summed E-state index contributed by atoms with van der Waals surface area (Å²) in [5, 5.41) is 3.27. The molecule has 0 unspecified atom stereocenters. The van der Waals surface area contributed by atoms with Crippen LogP contribution in [-0.4, -0.2) is 28.9 Å². The highest BCUT2D eigenvalue weighted by Crippen LogP contribution is 2.27. The van der Waals surface area contributed by atoms with Crippen LogP contribution in [0, 0.1) is 0 Å². The maximum absolute atomic E-state index is 11.2. The van der Waals surface area contributed by atoms with Crippen molar-refractivity contribution in [2.24, 2.45) is 0 Å². The molecule has 0 aliphatic carbocycles. The molecule has 23 heavy (non-hydrogen) atoms. The Kier molecular flexibility index (Phi) is 5.33. The van der Waals surface area contributed by atoms with Crippen LogP contribution in [0.15, 0.2) is 42.5 Å². The Morgan fingerprint density at radius 1 is 0.913 bits per heavy atom. The molecule has 0 saturated heterocycles. The molecule has 2 aromatic rings. The minimum atomic E-state index is -3.26. The smallest absolute Gasteiger partial charge is 0.229 e. The molecule has 0 radical (unpaired) electrons. The van der Waals surface area contributed by atoms with E-state index >= 15 is 0 Å². The lowest BCUT2D eigenvalue weighted by Crippen LogP contribution is -2.09. The average Bonchev–Trinajstić information content (AvgIpc) is 2.52. The first kappa shape index (κ1) is 17.0. The Bertz CT molecular complexity index is 758. The van der Waals surface area contributed by atoms with Crippen LogP contribution in [0.2, 0.25) is 0 Å². The second-order valence-corrected chi connectivity index (χ2v) is 6.74. The second kappa shape index (κ2) is 7.23. The van der Waals surface area contributed by atoms with Crippen LogP contribution < -0.4 is 19.5 Å². The molecule has 6 nitrogen and oxygen atoms in total. The Labute approximate surface area is 136 Å². The summed E-state index contributed by atoms with van der Waals surface area (Å²) in [7, 11) is -0.0569. The van der Waals surface area contributed by atoms with Crippen LogP contribution in [0.4, 0.5) is 11.4 Å². The largest absolute Gasteiger partial charge is 0.493 e. The molecule has 0 amide bonds. The topological polar surface area (TPSA) is 76.7 Å². The molecule has 0 bridgehead atoms. The molecule has 124 valence electrons. The summed E-state index contributed by atoms with van der Waals surface area (Å²) in [5.41, 5.74) is 2.46. The quantitative estimate of drug-likeness (QED) is 0.813. The van der Waals surface area contributed by atoms with Crippen LogP contribution in [0.25, 0.3) is 0 Å². The zero-order valence-electron chi connectivity index (χ0n) is 13.3. The Balaban J connectivity index is 2.01. The molecule has 0 aromatic heterocycles. The fourth-order valence-corrected chi connectivity index (χ4v) is 2.63. The van der Waals surface area contributed by atoms with Crippen molar-refractivity contribution in [1.29, 1.82) is 0 Å². The predicted molar refractivity (Wildman–Crippen MR) is 91.8 cm³/mol. The van der Waals surface area contributed by atoms with Crippen molar-refractivity contribution < 1.29 is 17.9 Å². The summed E-state index contributed by atoms with van der Waals surface area (Å²) in [4.78, 5) is 0. The van der Waals surface area contributed by atoms with Gasteiger partial charge < -0.3 is 14.8 Å². The van der Waals surface area contributed by atoms with Crippen molar-refractivity contribution in [3.05, 3.63) is 48.0 Å². The van der Waals surface area contributed by atoms with Crippen LogP contribution in [0.5, 0.6) is 11.5 Å². The summed E-state index contributed by atoms with van der Waals surface area (Å²) < 4.78 is 35.2. The third-order valence-electron chi connectivity index (χ3n) is 3.13. The second-order valence-electron chi connectivity index (χ2n) is 4.99. The minimum Gasteiger partial charge on any atom is -0.493 e. The van der Waals surface area contributed by atoms with Gasteiger partial charge in [-0.2, -0.15) is 0 Å². The minimum absolute atomic E-state index is 0.532. The summed E-state index contributed by atoms with van der Waals surface area (Å²) >= 11 is 0. The van der Waals surface area contributed by atoms with E-state index < -0.39 is 10.0 Å². The molecule has 0 aliphatic heterocycles. The number of sulfonamides is 1. The van der Waals surface area contributed by atoms with Gasteiger partial charge in [0.2, 0.25) is 10.0 Å². The van der Waals surface area contributed by atoms with Crippen molar-refractivity contribution in [3.63, 3.8) is 0 Å². The van der Waals surface area contributed by atoms with E-state index in [1.54, 1.807) is 26.4 Å². The zero-order valence-corrected chi connectivity index (χ0v) is 14.1. The van der Waals surface area contributed by atoms with Gasteiger partial charge in [-0.3, -0.25) is 4.72 Å². The van der Waals surface area contributed by atoms with Crippen molar-refractivity contribution in [3.8, 4) is 11.5 Å². The van der Waals surface area contributed by atoms with Crippen LogP contribution in [0.1, 0.15) is 5.56 Å².